The van der Waals surface area contributed by atoms with Gasteiger partial charge in [-0.05, 0) is 75.8 Å². The molecule has 0 atom stereocenters. The molecule has 8 aromatic carbocycles. The van der Waals surface area contributed by atoms with Crippen LogP contribution in [0.25, 0.3) is 78.1 Å². The summed E-state index contributed by atoms with van der Waals surface area (Å²) in [4.78, 5) is 10.3. The minimum atomic E-state index is -0.492. The Bertz CT molecular complexity index is 3190. The van der Waals surface area contributed by atoms with Gasteiger partial charge in [-0.25, -0.2) is 9.97 Å². The van der Waals surface area contributed by atoms with Crippen LogP contribution in [0.3, 0.4) is 0 Å². The summed E-state index contributed by atoms with van der Waals surface area (Å²) in [7, 11) is 0. The number of hydrogen-bond donors (Lipinski definition) is 0. The summed E-state index contributed by atoms with van der Waals surface area (Å²) in [5.74, 6) is 2.41. The van der Waals surface area contributed by atoms with Crippen LogP contribution in [-0.2, 0) is 5.41 Å². The molecule has 0 amide bonds. The average Bonchev–Trinajstić information content (AvgIpc) is 3.80. The van der Waals surface area contributed by atoms with Crippen LogP contribution in [0.15, 0.2) is 199 Å². The van der Waals surface area contributed by atoms with Crippen molar-refractivity contribution in [2.45, 2.75) is 5.41 Å². The predicted octanol–water partition coefficient (Wildman–Crippen LogP) is 13.5. The van der Waals surface area contributed by atoms with Gasteiger partial charge in [-0.2, -0.15) is 0 Å². The van der Waals surface area contributed by atoms with Crippen LogP contribution < -0.4 is 4.74 Å². The molecule has 3 heterocycles. The van der Waals surface area contributed by atoms with E-state index in [-0.39, 0.29) is 0 Å². The van der Waals surface area contributed by atoms with Crippen molar-refractivity contribution in [1.29, 1.82) is 0 Å². The fraction of sp³-hybridized carbons (Fsp3) is 0.0189. The Morgan fingerprint density at radius 1 is 0.351 bits per heavy atom. The summed E-state index contributed by atoms with van der Waals surface area (Å²) < 4.78 is 13.1. The summed E-state index contributed by atoms with van der Waals surface area (Å²) in [5.41, 5.74) is 15.4. The predicted molar refractivity (Wildman–Crippen MR) is 228 cm³/mol. The molecule has 0 saturated heterocycles. The zero-order chi connectivity index (χ0) is 37.5. The van der Waals surface area contributed by atoms with Crippen LogP contribution in [0.2, 0.25) is 0 Å². The Labute approximate surface area is 329 Å². The van der Waals surface area contributed by atoms with Crippen molar-refractivity contribution in [3.63, 3.8) is 0 Å². The van der Waals surface area contributed by atoms with Crippen molar-refractivity contribution >= 4 is 21.9 Å². The molecule has 2 aliphatic rings. The zero-order valence-electron chi connectivity index (χ0n) is 30.7. The smallest absolute Gasteiger partial charge is 0.160 e. The summed E-state index contributed by atoms with van der Waals surface area (Å²) in [6, 6.07) is 68.3. The van der Waals surface area contributed by atoms with Gasteiger partial charge in [0, 0.05) is 38.6 Å². The minimum absolute atomic E-state index is 0.492. The third-order valence-corrected chi connectivity index (χ3v) is 11.8. The lowest BCUT2D eigenvalue weighted by Gasteiger charge is -2.39. The topological polar surface area (TPSA) is 48.2 Å². The van der Waals surface area contributed by atoms with Gasteiger partial charge in [0.25, 0.3) is 0 Å². The standard InChI is InChI=1S/C53H32N2O2/c1-2-13-33(14-3-1)52-54-46(32-47(55-52)37-25-27-41-40-19-6-10-23-48(40)56-50(41)31-37)36-16-12-15-34(29-36)35-26-28-45-51(30-35)57-49-24-11-9-22-44(49)53(45)42-20-7-4-17-38(42)39-18-5-8-21-43(39)53/h1-32H. The van der Waals surface area contributed by atoms with E-state index < -0.39 is 5.41 Å². The fourth-order valence-electron chi connectivity index (χ4n) is 9.24. The van der Waals surface area contributed by atoms with Gasteiger partial charge in [-0.15, -0.1) is 0 Å². The van der Waals surface area contributed by atoms with Gasteiger partial charge in [-0.3, -0.25) is 0 Å². The van der Waals surface area contributed by atoms with Crippen LogP contribution >= 0.6 is 0 Å². The summed E-state index contributed by atoms with van der Waals surface area (Å²) in [6.07, 6.45) is 0. The average molecular weight is 729 g/mol. The first-order valence-corrected chi connectivity index (χ1v) is 19.3. The van der Waals surface area contributed by atoms with Crippen LogP contribution in [0, 0.1) is 0 Å². The van der Waals surface area contributed by atoms with Crippen molar-refractivity contribution in [3.8, 4) is 67.7 Å². The van der Waals surface area contributed by atoms with Crippen LogP contribution in [-0.4, -0.2) is 9.97 Å². The van der Waals surface area contributed by atoms with Crippen LogP contribution in [0.1, 0.15) is 22.3 Å². The van der Waals surface area contributed by atoms with Gasteiger partial charge in [0.1, 0.15) is 22.7 Å². The van der Waals surface area contributed by atoms with Crippen molar-refractivity contribution < 1.29 is 9.15 Å². The molecular formula is C53H32N2O2. The van der Waals surface area contributed by atoms with Gasteiger partial charge in [0.2, 0.25) is 0 Å². The first kappa shape index (κ1) is 31.8. The van der Waals surface area contributed by atoms with Gasteiger partial charge in [0.15, 0.2) is 5.82 Å². The maximum absolute atomic E-state index is 6.82. The summed E-state index contributed by atoms with van der Waals surface area (Å²) in [6.45, 7) is 0. The first-order valence-electron chi connectivity index (χ1n) is 19.3. The number of furan rings is 1. The number of nitrogens with zero attached hydrogens (tertiary/aromatic N) is 2. The summed E-state index contributed by atoms with van der Waals surface area (Å²) in [5, 5.41) is 2.19. The van der Waals surface area contributed by atoms with E-state index >= 15 is 0 Å². The largest absolute Gasteiger partial charge is 0.457 e. The number of benzene rings is 8. The third kappa shape index (κ3) is 4.74. The van der Waals surface area contributed by atoms with Gasteiger partial charge >= 0.3 is 0 Å². The zero-order valence-corrected chi connectivity index (χ0v) is 30.7. The SMILES string of the molecule is c1ccc(-c2nc(-c3cccc(-c4ccc5c(c4)Oc4ccccc4C54c5ccccc5-c5ccccc54)c3)cc(-c3ccc4c(c3)oc3ccccc34)n2)cc1. The first-order chi connectivity index (χ1) is 28.2. The monoisotopic (exact) mass is 728 g/mol. The van der Waals surface area contributed by atoms with E-state index in [4.69, 9.17) is 19.1 Å². The minimum Gasteiger partial charge on any atom is -0.457 e. The molecule has 1 aliphatic carbocycles. The molecule has 266 valence electrons. The molecule has 0 bridgehead atoms. The molecule has 4 heteroatoms. The van der Waals surface area contributed by atoms with Crippen LogP contribution in [0.5, 0.6) is 11.5 Å². The second-order valence-electron chi connectivity index (χ2n) is 14.9. The molecule has 0 unspecified atom stereocenters. The molecule has 4 nitrogen and oxygen atoms in total. The highest BCUT2D eigenvalue weighted by Gasteiger charge is 2.50. The van der Waals surface area contributed by atoms with E-state index in [1.54, 1.807) is 0 Å². The Kier molecular flexibility index (Phi) is 6.81. The maximum atomic E-state index is 6.82. The molecule has 0 fully saturated rings. The summed E-state index contributed by atoms with van der Waals surface area (Å²) >= 11 is 0. The quantitative estimate of drug-likeness (QED) is 0.181. The van der Waals surface area contributed by atoms with E-state index in [0.29, 0.717) is 5.82 Å². The van der Waals surface area contributed by atoms with E-state index in [1.165, 1.54) is 22.3 Å². The van der Waals surface area contributed by atoms with Crippen molar-refractivity contribution in [1.82, 2.24) is 9.97 Å². The normalized spacial score (nSPS) is 13.2. The van der Waals surface area contributed by atoms with Crippen molar-refractivity contribution in [3.05, 3.63) is 216 Å². The molecule has 0 radical (unpaired) electrons. The molecule has 2 aromatic heterocycles. The molecular weight excluding hydrogens is 697 g/mol. The molecule has 57 heavy (non-hydrogen) atoms. The number of rotatable bonds is 4. The lowest BCUT2D eigenvalue weighted by molar-refractivity contribution is 0.436. The van der Waals surface area contributed by atoms with E-state index in [2.05, 4.69) is 158 Å². The number of hydrogen-bond acceptors (Lipinski definition) is 4. The fourth-order valence-corrected chi connectivity index (χ4v) is 9.24. The number of aromatic nitrogens is 2. The van der Waals surface area contributed by atoms with Crippen LogP contribution in [0.4, 0.5) is 0 Å². The second-order valence-corrected chi connectivity index (χ2v) is 14.9. The third-order valence-electron chi connectivity index (χ3n) is 11.8. The van der Waals surface area contributed by atoms with Gasteiger partial charge < -0.3 is 9.15 Å². The lowest BCUT2D eigenvalue weighted by Crippen LogP contribution is -2.32. The second kappa shape index (κ2) is 12.2. The Hall–Kier alpha value is -7.56. The number of para-hydroxylation sites is 2. The highest BCUT2D eigenvalue weighted by molar-refractivity contribution is 6.05. The number of fused-ring (bicyclic) bond motifs is 12. The highest BCUT2D eigenvalue weighted by atomic mass is 16.5. The van der Waals surface area contributed by atoms with Crippen molar-refractivity contribution in [2.24, 2.45) is 0 Å². The molecule has 1 spiro atoms. The maximum Gasteiger partial charge on any atom is 0.160 e. The number of ether oxygens (including phenoxy) is 1. The van der Waals surface area contributed by atoms with Gasteiger partial charge in [-0.1, -0.05) is 152 Å². The molecule has 0 saturated carbocycles. The van der Waals surface area contributed by atoms with E-state index in [0.717, 1.165) is 83.8 Å². The van der Waals surface area contributed by atoms with Crippen molar-refractivity contribution in [2.75, 3.05) is 0 Å². The Morgan fingerprint density at radius 3 is 1.74 bits per heavy atom. The molecule has 12 rings (SSSR count). The molecule has 1 aliphatic heterocycles. The molecule has 10 aromatic rings. The Morgan fingerprint density at radius 2 is 0.930 bits per heavy atom. The van der Waals surface area contributed by atoms with E-state index in [9.17, 15) is 0 Å². The lowest BCUT2D eigenvalue weighted by atomic mass is 9.66. The molecule has 0 N–H and O–H groups in total. The highest BCUT2D eigenvalue weighted by Crippen LogP contribution is 2.62. The van der Waals surface area contributed by atoms with E-state index in [1.807, 2.05) is 36.4 Å². The Balaban J connectivity index is 0.994. The van der Waals surface area contributed by atoms with Gasteiger partial charge in [0.05, 0.1) is 16.8 Å².